The first-order valence-electron chi connectivity index (χ1n) is 6.92. The van der Waals surface area contributed by atoms with Crippen molar-refractivity contribution in [3.05, 3.63) is 0 Å². The first-order valence-corrected chi connectivity index (χ1v) is 6.92. The molecule has 1 spiro atoms. The Kier molecular flexibility index (Phi) is 4.42. The third-order valence-electron chi connectivity index (χ3n) is 4.10. The summed E-state index contributed by atoms with van der Waals surface area (Å²) in [5.74, 6) is -0.230. The zero-order chi connectivity index (χ0) is 13.9. The maximum absolute atomic E-state index is 12.1. The van der Waals surface area contributed by atoms with Gasteiger partial charge in [-0.05, 0) is 26.2 Å². The van der Waals surface area contributed by atoms with E-state index in [-0.39, 0.29) is 18.4 Å². The Morgan fingerprint density at radius 2 is 2.42 bits per heavy atom. The molecule has 2 saturated heterocycles. The molecule has 6 heteroatoms. The Balaban J connectivity index is 2.07. The van der Waals surface area contributed by atoms with E-state index in [1.54, 1.807) is 4.90 Å². The molecule has 2 amide bonds. The summed E-state index contributed by atoms with van der Waals surface area (Å²) in [7, 11) is 0. The van der Waals surface area contributed by atoms with Gasteiger partial charge in [-0.15, -0.1) is 0 Å². The summed E-state index contributed by atoms with van der Waals surface area (Å²) in [6.45, 7) is 3.82. The van der Waals surface area contributed by atoms with Gasteiger partial charge < -0.3 is 20.1 Å². The molecule has 2 N–H and O–H groups in total. The molecule has 2 rings (SSSR count). The molecule has 0 unspecified atom stereocenters. The molecule has 2 fully saturated rings. The van der Waals surface area contributed by atoms with E-state index in [1.165, 1.54) is 0 Å². The third kappa shape index (κ3) is 2.74. The Bertz CT molecular complexity index is 361. The van der Waals surface area contributed by atoms with Crippen LogP contribution in [0.15, 0.2) is 0 Å². The second-order valence-corrected chi connectivity index (χ2v) is 5.27. The van der Waals surface area contributed by atoms with Crippen molar-refractivity contribution in [1.29, 1.82) is 0 Å². The number of nitrogens with one attached hydrogen (secondary N) is 1. The molecule has 0 saturated carbocycles. The lowest BCUT2D eigenvalue weighted by atomic mass is 9.71. The molecule has 0 aromatic rings. The van der Waals surface area contributed by atoms with Crippen molar-refractivity contribution >= 4 is 11.8 Å². The monoisotopic (exact) mass is 270 g/mol. The number of piperidine rings is 2. The van der Waals surface area contributed by atoms with Gasteiger partial charge in [-0.1, -0.05) is 0 Å². The summed E-state index contributed by atoms with van der Waals surface area (Å²) in [6, 6.07) is 0. The number of likely N-dealkylation sites (tertiary alicyclic amines) is 1. The Morgan fingerprint density at radius 3 is 3.11 bits per heavy atom. The summed E-state index contributed by atoms with van der Waals surface area (Å²) in [6.07, 6.45) is 1.27. The number of carbonyl (C=O) groups is 2. The van der Waals surface area contributed by atoms with E-state index in [2.05, 4.69) is 5.32 Å². The molecule has 0 aromatic carbocycles. The van der Waals surface area contributed by atoms with Gasteiger partial charge in [0.05, 0.1) is 11.5 Å². The van der Waals surface area contributed by atoms with Crippen molar-refractivity contribution in [2.24, 2.45) is 5.41 Å². The van der Waals surface area contributed by atoms with E-state index in [1.807, 2.05) is 6.92 Å². The van der Waals surface area contributed by atoms with Crippen LogP contribution in [0, 0.1) is 5.41 Å². The highest BCUT2D eigenvalue weighted by Gasteiger charge is 2.50. The summed E-state index contributed by atoms with van der Waals surface area (Å²) >= 11 is 0. The highest BCUT2D eigenvalue weighted by Crippen LogP contribution is 2.37. The van der Waals surface area contributed by atoms with E-state index in [9.17, 15) is 14.7 Å². The molecule has 0 radical (unpaired) electrons. The van der Waals surface area contributed by atoms with E-state index >= 15 is 0 Å². The lowest BCUT2D eigenvalue weighted by molar-refractivity contribution is -0.156. The van der Waals surface area contributed by atoms with Gasteiger partial charge >= 0.3 is 0 Å². The van der Waals surface area contributed by atoms with Crippen molar-refractivity contribution in [3.8, 4) is 0 Å². The zero-order valence-electron chi connectivity index (χ0n) is 11.4. The van der Waals surface area contributed by atoms with Crippen molar-refractivity contribution in [1.82, 2.24) is 10.2 Å². The van der Waals surface area contributed by atoms with Crippen LogP contribution in [0.5, 0.6) is 0 Å². The van der Waals surface area contributed by atoms with Gasteiger partial charge in [0, 0.05) is 26.2 Å². The van der Waals surface area contributed by atoms with Crippen LogP contribution >= 0.6 is 0 Å². The van der Waals surface area contributed by atoms with E-state index in [4.69, 9.17) is 4.74 Å². The third-order valence-corrected chi connectivity index (χ3v) is 4.10. The Morgan fingerprint density at radius 1 is 1.63 bits per heavy atom. The van der Waals surface area contributed by atoms with E-state index < -0.39 is 11.5 Å². The SMILES string of the molecule is CCOCC(=O)N1CC[C@H](O)[C@@]2(CCCNC2=O)C1. The average molecular weight is 270 g/mol. The lowest BCUT2D eigenvalue weighted by Gasteiger charge is -2.46. The van der Waals surface area contributed by atoms with Gasteiger partial charge in [0.25, 0.3) is 0 Å². The van der Waals surface area contributed by atoms with Crippen molar-refractivity contribution in [2.75, 3.05) is 32.8 Å². The number of nitrogens with zero attached hydrogens (tertiary/aromatic N) is 1. The maximum Gasteiger partial charge on any atom is 0.248 e. The molecule has 0 bridgehead atoms. The molecule has 2 atom stereocenters. The van der Waals surface area contributed by atoms with E-state index in [0.29, 0.717) is 39.1 Å². The van der Waals surface area contributed by atoms with Gasteiger partial charge in [-0.3, -0.25) is 9.59 Å². The van der Waals surface area contributed by atoms with Crippen molar-refractivity contribution < 1.29 is 19.4 Å². The minimum atomic E-state index is -0.821. The largest absolute Gasteiger partial charge is 0.392 e. The summed E-state index contributed by atoms with van der Waals surface area (Å²) in [4.78, 5) is 25.8. The van der Waals surface area contributed by atoms with Crippen LogP contribution in [0.3, 0.4) is 0 Å². The van der Waals surface area contributed by atoms with Gasteiger partial charge in [-0.2, -0.15) is 0 Å². The first kappa shape index (κ1) is 14.3. The van der Waals surface area contributed by atoms with E-state index in [0.717, 1.165) is 6.42 Å². The first-order chi connectivity index (χ1) is 9.10. The fourth-order valence-corrected chi connectivity index (χ4v) is 2.94. The van der Waals surface area contributed by atoms with Gasteiger partial charge in [0.15, 0.2) is 0 Å². The van der Waals surface area contributed by atoms with Crippen molar-refractivity contribution in [3.63, 3.8) is 0 Å². The van der Waals surface area contributed by atoms with Gasteiger partial charge in [-0.25, -0.2) is 0 Å². The van der Waals surface area contributed by atoms with Crippen LogP contribution in [0.25, 0.3) is 0 Å². The highest BCUT2D eigenvalue weighted by molar-refractivity contribution is 5.86. The number of aliphatic hydroxyl groups excluding tert-OH is 1. The molecule has 0 aliphatic carbocycles. The van der Waals surface area contributed by atoms with Crippen LogP contribution in [0.4, 0.5) is 0 Å². The lowest BCUT2D eigenvalue weighted by Crippen LogP contribution is -2.62. The molecular formula is C13H22N2O4. The fraction of sp³-hybridized carbons (Fsp3) is 0.846. The predicted molar refractivity (Wildman–Crippen MR) is 68.4 cm³/mol. The Labute approximate surface area is 113 Å². The smallest absolute Gasteiger partial charge is 0.248 e. The number of aliphatic hydroxyl groups is 1. The average Bonchev–Trinajstić information content (AvgIpc) is 2.42. The van der Waals surface area contributed by atoms with Crippen molar-refractivity contribution in [2.45, 2.75) is 32.3 Å². The molecule has 6 nitrogen and oxygen atoms in total. The van der Waals surface area contributed by atoms with Crippen LogP contribution < -0.4 is 5.32 Å². The molecule has 19 heavy (non-hydrogen) atoms. The van der Waals surface area contributed by atoms with Crippen LogP contribution in [0.1, 0.15) is 26.2 Å². The standard InChI is InChI=1S/C13H22N2O4/c1-2-19-8-11(17)15-7-4-10(16)13(9-15)5-3-6-14-12(13)18/h10,16H,2-9H2,1H3,(H,14,18)/t10-,13+/m0/s1. The molecular weight excluding hydrogens is 248 g/mol. The minimum absolute atomic E-state index is 0.0459. The topological polar surface area (TPSA) is 78.9 Å². The van der Waals surface area contributed by atoms with Crippen LogP contribution in [-0.4, -0.2) is 60.8 Å². The minimum Gasteiger partial charge on any atom is -0.392 e. The van der Waals surface area contributed by atoms with Gasteiger partial charge in [0.1, 0.15) is 6.61 Å². The van der Waals surface area contributed by atoms with Crippen LogP contribution in [0.2, 0.25) is 0 Å². The summed E-state index contributed by atoms with van der Waals surface area (Å²) in [5, 5.41) is 13.0. The summed E-state index contributed by atoms with van der Waals surface area (Å²) < 4.78 is 5.12. The highest BCUT2D eigenvalue weighted by atomic mass is 16.5. The second-order valence-electron chi connectivity index (χ2n) is 5.27. The normalized spacial score (nSPS) is 31.4. The number of amides is 2. The number of hydrogen-bond donors (Lipinski definition) is 2. The Hall–Kier alpha value is -1.14. The number of carbonyl (C=O) groups excluding carboxylic acids is 2. The molecule has 2 aliphatic heterocycles. The second kappa shape index (κ2) is 5.88. The number of hydrogen-bond acceptors (Lipinski definition) is 4. The van der Waals surface area contributed by atoms with Gasteiger partial charge in [0.2, 0.25) is 11.8 Å². The predicted octanol–water partition coefficient (Wildman–Crippen LogP) is -0.487. The molecule has 2 heterocycles. The number of rotatable bonds is 3. The zero-order valence-corrected chi connectivity index (χ0v) is 11.4. The quantitative estimate of drug-likeness (QED) is 0.725. The maximum atomic E-state index is 12.1. The molecule has 2 aliphatic rings. The number of ether oxygens (including phenoxy) is 1. The fourth-order valence-electron chi connectivity index (χ4n) is 2.94. The summed E-state index contributed by atoms with van der Waals surface area (Å²) in [5.41, 5.74) is -0.821. The molecule has 108 valence electrons. The van der Waals surface area contributed by atoms with Crippen LogP contribution in [-0.2, 0) is 14.3 Å². The molecule has 0 aromatic heterocycles.